The summed E-state index contributed by atoms with van der Waals surface area (Å²) in [6.45, 7) is 6.31. The highest BCUT2D eigenvalue weighted by Gasteiger charge is 2.37. The van der Waals surface area contributed by atoms with E-state index < -0.39 is 0 Å². The molecular formula is C13H18N8O2. The summed E-state index contributed by atoms with van der Waals surface area (Å²) in [4.78, 5) is 22.1. The van der Waals surface area contributed by atoms with Crippen LogP contribution in [0.4, 0.5) is 16.6 Å². The number of amides is 1. The van der Waals surface area contributed by atoms with Gasteiger partial charge in [0, 0.05) is 6.20 Å². The highest BCUT2D eigenvalue weighted by atomic mass is 16.6. The number of nitrogens with one attached hydrogen (secondary N) is 2. The fourth-order valence-corrected chi connectivity index (χ4v) is 2.35. The number of H-pyrrole nitrogens is 1. The first-order chi connectivity index (χ1) is 11.1. The smallest absolute Gasteiger partial charge is 0.415 e. The van der Waals surface area contributed by atoms with Gasteiger partial charge >= 0.3 is 6.09 Å². The van der Waals surface area contributed by atoms with Gasteiger partial charge < -0.3 is 10.1 Å². The molecule has 1 unspecified atom stereocenters. The molecule has 0 aliphatic carbocycles. The van der Waals surface area contributed by atoms with Gasteiger partial charge in [0.1, 0.15) is 12.4 Å². The number of carbonyl (C=O) groups excluding carboxylic acids is 1. The van der Waals surface area contributed by atoms with Crippen LogP contribution in [-0.4, -0.2) is 49.3 Å². The van der Waals surface area contributed by atoms with E-state index in [9.17, 15) is 4.79 Å². The summed E-state index contributed by atoms with van der Waals surface area (Å²) in [6.07, 6.45) is 1.20. The summed E-state index contributed by atoms with van der Waals surface area (Å²) in [5.41, 5.74) is 0. The van der Waals surface area contributed by atoms with E-state index in [2.05, 4.69) is 35.9 Å². The third-order valence-corrected chi connectivity index (χ3v) is 3.66. The molecule has 1 fully saturated rings. The van der Waals surface area contributed by atoms with Gasteiger partial charge in [-0.1, -0.05) is 19.1 Å². The van der Waals surface area contributed by atoms with Crippen LogP contribution in [0.2, 0.25) is 0 Å². The Kier molecular flexibility index (Phi) is 4.04. The van der Waals surface area contributed by atoms with Gasteiger partial charge in [0.2, 0.25) is 5.95 Å². The number of anilines is 2. The maximum absolute atomic E-state index is 12.0. The van der Waals surface area contributed by atoms with E-state index in [4.69, 9.17) is 4.74 Å². The van der Waals surface area contributed by atoms with Crippen LogP contribution in [0.1, 0.15) is 32.6 Å². The number of tetrazole rings is 1. The second-order valence-corrected chi connectivity index (χ2v) is 5.63. The molecule has 0 saturated carbocycles. The molecule has 10 heteroatoms. The molecule has 1 saturated heterocycles. The molecule has 0 bridgehead atoms. The molecule has 2 atom stereocenters. The van der Waals surface area contributed by atoms with Crippen LogP contribution in [0.3, 0.4) is 0 Å². The van der Waals surface area contributed by atoms with E-state index in [1.54, 1.807) is 17.2 Å². The van der Waals surface area contributed by atoms with Crippen molar-refractivity contribution in [2.24, 2.45) is 5.92 Å². The Morgan fingerprint density at radius 3 is 2.96 bits per heavy atom. The van der Waals surface area contributed by atoms with Gasteiger partial charge in [0.15, 0.2) is 5.82 Å². The second kappa shape index (κ2) is 6.15. The zero-order chi connectivity index (χ0) is 16.4. The first-order valence-electron chi connectivity index (χ1n) is 7.35. The van der Waals surface area contributed by atoms with Gasteiger partial charge in [0.25, 0.3) is 0 Å². The summed E-state index contributed by atoms with van der Waals surface area (Å²) in [6, 6.07) is 1.42. The van der Waals surface area contributed by atoms with E-state index in [1.165, 1.54) is 0 Å². The predicted molar refractivity (Wildman–Crippen MR) is 80.7 cm³/mol. The van der Waals surface area contributed by atoms with Gasteiger partial charge in [0.05, 0.1) is 12.1 Å². The molecule has 1 aliphatic rings. The SMILES string of the molecule is CC(C)C1COC(=O)N1c1ccnc(N[C@@H](C)c2nn[nH]n2)n1. The Morgan fingerprint density at radius 2 is 2.26 bits per heavy atom. The first kappa shape index (κ1) is 15.1. The zero-order valence-electron chi connectivity index (χ0n) is 13.1. The average Bonchev–Trinajstić information content (AvgIpc) is 3.16. The first-order valence-corrected chi connectivity index (χ1v) is 7.35. The predicted octanol–water partition coefficient (Wildman–Crippen LogP) is 1.14. The lowest BCUT2D eigenvalue weighted by Crippen LogP contribution is -2.37. The normalized spacial score (nSPS) is 19.0. The van der Waals surface area contributed by atoms with Crippen molar-refractivity contribution in [2.45, 2.75) is 32.9 Å². The number of cyclic esters (lactones) is 1. The quantitative estimate of drug-likeness (QED) is 0.841. The van der Waals surface area contributed by atoms with Gasteiger partial charge in [-0.2, -0.15) is 10.2 Å². The summed E-state index contributed by atoms with van der Waals surface area (Å²) in [5.74, 6) is 1.64. The number of aromatic nitrogens is 6. The van der Waals surface area contributed by atoms with Crippen LogP contribution < -0.4 is 10.2 Å². The minimum Gasteiger partial charge on any atom is -0.447 e. The van der Waals surface area contributed by atoms with E-state index >= 15 is 0 Å². The number of rotatable bonds is 5. The lowest BCUT2D eigenvalue weighted by Gasteiger charge is -2.23. The lowest BCUT2D eigenvalue weighted by atomic mass is 10.0. The molecule has 0 aromatic carbocycles. The van der Waals surface area contributed by atoms with Crippen LogP contribution in [0.15, 0.2) is 12.3 Å². The average molecular weight is 318 g/mol. The number of aromatic amines is 1. The fourth-order valence-electron chi connectivity index (χ4n) is 2.35. The van der Waals surface area contributed by atoms with Gasteiger partial charge in [-0.3, -0.25) is 4.90 Å². The number of hydrogen-bond acceptors (Lipinski definition) is 8. The van der Waals surface area contributed by atoms with Crippen molar-refractivity contribution < 1.29 is 9.53 Å². The van der Waals surface area contributed by atoms with Crippen molar-refractivity contribution in [1.82, 2.24) is 30.6 Å². The van der Waals surface area contributed by atoms with Crippen molar-refractivity contribution >= 4 is 17.9 Å². The summed E-state index contributed by atoms with van der Waals surface area (Å²) in [5, 5.41) is 16.8. The molecule has 23 heavy (non-hydrogen) atoms. The van der Waals surface area contributed by atoms with Crippen molar-refractivity contribution in [3.8, 4) is 0 Å². The molecule has 0 spiro atoms. The molecule has 1 aliphatic heterocycles. The summed E-state index contributed by atoms with van der Waals surface area (Å²) >= 11 is 0. The Labute approximate surface area is 132 Å². The minimum absolute atomic E-state index is 0.0418. The molecule has 10 nitrogen and oxygen atoms in total. The molecule has 2 N–H and O–H groups in total. The highest BCUT2D eigenvalue weighted by Crippen LogP contribution is 2.26. The van der Waals surface area contributed by atoms with Gasteiger partial charge in [-0.25, -0.2) is 9.78 Å². The minimum atomic E-state index is -0.389. The van der Waals surface area contributed by atoms with Gasteiger partial charge in [-0.15, -0.1) is 10.2 Å². The monoisotopic (exact) mass is 318 g/mol. The number of ether oxygens (including phenoxy) is 1. The van der Waals surface area contributed by atoms with Crippen LogP contribution in [0.5, 0.6) is 0 Å². The molecule has 122 valence electrons. The number of hydrogen-bond donors (Lipinski definition) is 2. The standard InChI is InChI=1S/C13H18N8O2/c1-7(2)9-6-23-13(22)21(9)10-4-5-14-12(16-10)15-8(3)11-17-19-20-18-11/h4-5,7-9H,6H2,1-3H3,(H,14,15,16)(H,17,18,19,20)/t8-,9?/m0/s1. The molecule has 3 rings (SSSR count). The molecule has 1 amide bonds. The Balaban J connectivity index is 1.81. The molecule has 0 radical (unpaired) electrons. The van der Waals surface area contributed by atoms with Crippen LogP contribution >= 0.6 is 0 Å². The molecule has 2 aromatic rings. The fraction of sp³-hybridized carbons (Fsp3) is 0.538. The Morgan fingerprint density at radius 1 is 1.43 bits per heavy atom. The van der Waals surface area contributed by atoms with Crippen LogP contribution in [0, 0.1) is 5.92 Å². The van der Waals surface area contributed by atoms with Crippen LogP contribution in [-0.2, 0) is 4.74 Å². The van der Waals surface area contributed by atoms with Crippen molar-refractivity contribution in [2.75, 3.05) is 16.8 Å². The molecular weight excluding hydrogens is 300 g/mol. The van der Waals surface area contributed by atoms with Crippen molar-refractivity contribution in [1.29, 1.82) is 0 Å². The summed E-state index contributed by atoms with van der Waals surface area (Å²) < 4.78 is 5.15. The van der Waals surface area contributed by atoms with E-state index in [-0.39, 0.29) is 24.1 Å². The maximum atomic E-state index is 12.0. The van der Waals surface area contributed by atoms with E-state index in [1.807, 2.05) is 20.8 Å². The largest absolute Gasteiger partial charge is 0.447 e. The zero-order valence-corrected chi connectivity index (χ0v) is 13.1. The number of nitrogens with zero attached hydrogens (tertiary/aromatic N) is 6. The van der Waals surface area contributed by atoms with Crippen molar-refractivity contribution in [3.05, 3.63) is 18.1 Å². The topological polar surface area (TPSA) is 122 Å². The number of carbonyl (C=O) groups is 1. The highest BCUT2D eigenvalue weighted by molar-refractivity contribution is 5.89. The van der Waals surface area contributed by atoms with Gasteiger partial charge in [-0.05, 0) is 18.9 Å². The summed E-state index contributed by atoms with van der Waals surface area (Å²) in [7, 11) is 0. The lowest BCUT2D eigenvalue weighted by molar-refractivity contribution is 0.177. The Hall–Kier alpha value is -2.78. The van der Waals surface area contributed by atoms with E-state index in [0.29, 0.717) is 24.2 Å². The Bertz CT molecular complexity index is 674. The maximum Gasteiger partial charge on any atom is 0.415 e. The van der Waals surface area contributed by atoms with Crippen molar-refractivity contribution in [3.63, 3.8) is 0 Å². The molecule has 3 heterocycles. The second-order valence-electron chi connectivity index (χ2n) is 5.63. The third-order valence-electron chi connectivity index (χ3n) is 3.66. The third kappa shape index (κ3) is 3.05. The van der Waals surface area contributed by atoms with E-state index in [0.717, 1.165) is 0 Å². The van der Waals surface area contributed by atoms with Crippen LogP contribution in [0.25, 0.3) is 0 Å². The molecule has 2 aromatic heterocycles.